The molecule has 2 aromatic heterocycles. The number of benzene rings is 1. The molecule has 2 atom stereocenters. The van der Waals surface area contributed by atoms with Gasteiger partial charge in [0, 0.05) is 38.3 Å². The number of nitrogens with one attached hydrogen (secondary N) is 1. The fourth-order valence-corrected chi connectivity index (χ4v) is 4.98. The van der Waals surface area contributed by atoms with Gasteiger partial charge in [-0.2, -0.15) is 4.98 Å². The molecule has 1 aromatic carbocycles. The number of nitrogens with zero attached hydrogens (tertiary/aromatic N) is 5. The second-order valence-electron chi connectivity index (χ2n) is 8.63. The Morgan fingerprint density at radius 1 is 1.12 bits per heavy atom. The topological polar surface area (TPSA) is 137 Å². The van der Waals surface area contributed by atoms with Gasteiger partial charge in [-0.1, -0.05) is 30.3 Å². The van der Waals surface area contributed by atoms with Crippen LogP contribution in [0.4, 0.5) is 5.95 Å². The number of hydrogen-bond acceptors (Lipinski definition) is 7. The third kappa shape index (κ3) is 3.44. The number of primary amides is 1. The highest BCUT2D eigenvalue weighted by Crippen LogP contribution is 2.32. The molecule has 5 rings (SSSR count). The number of aryl methyl sites for hydroxylation is 1. The van der Waals surface area contributed by atoms with Crippen LogP contribution in [0.5, 0.6) is 0 Å². The molecule has 3 aromatic rings. The Morgan fingerprint density at radius 2 is 1.88 bits per heavy atom. The largest absolute Gasteiger partial charge is 0.368 e. The first-order valence-corrected chi connectivity index (χ1v) is 10.9. The molecule has 4 heterocycles. The number of aromatic nitrogens is 4. The Labute approximate surface area is 188 Å². The summed E-state index contributed by atoms with van der Waals surface area (Å²) in [6.45, 7) is 1.74. The molecular weight excluding hydrogens is 426 g/mol. The van der Waals surface area contributed by atoms with Gasteiger partial charge in [0.05, 0.1) is 6.54 Å². The first kappa shape index (κ1) is 21.1. The van der Waals surface area contributed by atoms with Crippen LogP contribution in [0.2, 0.25) is 0 Å². The van der Waals surface area contributed by atoms with Crippen LogP contribution in [-0.4, -0.2) is 56.1 Å². The Bertz CT molecular complexity index is 1370. The summed E-state index contributed by atoms with van der Waals surface area (Å²) in [7, 11) is 1.50. The molecule has 3 N–H and O–H groups in total. The summed E-state index contributed by atoms with van der Waals surface area (Å²) < 4.78 is 3.63. The van der Waals surface area contributed by atoms with Crippen molar-refractivity contribution in [2.45, 2.75) is 25.6 Å². The molecule has 2 aliphatic heterocycles. The maximum Gasteiger partial charge on any atom is 0.332 e. The van der Waals surface area contributed by atoms with Crippen LogP contribution in [0.15, 0.2) is 39.9 Å². The van der Waals surface area contributed by atoms with E-state index in [0.29, 0.717) is 17.4 Å². The van der Waals surface area contributed by atoms with E-state index in [1.807, 2.05) is 0 Å². The van der Waals surface area contributed by atoms with Crippen molar-refractivity contribution < 1.29 is 9.59 Å². The number of carbonyl (C=O) groups excluding carboxylic acids is 2. The first-order valence-electron chi connectivity index (χ1n) is 10.9. The van der Waals surface area contributed by atoms with Gasteiger partial charge in [0.1, 0.15) is 6.54 Å². The Kier molecular flexibility index (Phi) is 5.12. The summed E-state index contributed by atoms with van der Waals surface area (Å²) in [5.74, 6) is -0.0965. The molecular formula is C22H25N7O4. The summed E-state index contributed by atoms with van der Waals surface area (Å²) in [5.41, 5.74) is 4.85. The van der Waals surface area contributed by atoms with Crippen LogP contribution in [0.3, 0.4) is 0 Å². The number of amides is 1. The number of hydrogen-bond donors (Lipinski definition) is 2. The summed E-state index contributed by atoms with van der Waals surface area (Å²) in [5, 5.41) is 3.37. The van der Waals surface area contributed by atoms with Gasteiger partial charge in [-0.25, -0.2) is 4.79 Å². The molecule has 1 amide bonds. The van der Waals surface area contributed by atoms with E-state index in [4.69, 9.17) is 5.73 Å². The standard InChI is InChI=1S/C22H25N7O4/c1-26-19-18(20(32)29(22(26)33)11-16(30)13-5-3-2-4-6-13)28(12-17(23)31)21(25-19)27-8-7-14-9-24-10-15(14)27/h2-6,14-15,24H,7-12H2,1H3,(H2,23,31). The molecule has 11 heteroatoms. The number of ketones is 1. The van der Waals surface area contributed by atoms with E-state index in [1.54, 1.807) is 30.3 Å². The fourth-order valence-electron chi connectivity index (χ4n) is 4.98. The van der Waals surface area contributed by atoms with Crippen LogP contribution < -0.4 is 27.2 Å². The molecule has 33 heavy (non-hydrogen) atoms. The molecule has 172 valence electrons. The van der Waals surface area contributed by atoms with Crippen molar-refractivity contribution >= 4 is 28.8 Å². The van der Waals surface area contributed by atoms with Gasteiger partial charge in [-0.15, -0.1) is 0 Å². The van der Waals surface area contributed by atoms with Gasteiger partial charge in [0.2, 0.25) is 11.9 Å². The van der Waals surface area contributed by atoms with E-state index in [9.17, 15) is 19.2 Å². The molecule has 0 saturated carbocycles. The molecule has 0 bridgehead atoms. The predicted molar refractivity (Wildman–Crippen MR) is 121 cm³/mol. The minimum atomic E-state index is -0.669. The molecule has 2 unspecified atom stereocenters. The zero-order valence-corrected chi connectivity index (χ0v) is 18.2. The number of rotatable bonds is 6. The third-order valence-electron chi connectivity index (χ3n) is 6.63. The molecule has 2 aliphatic rings. The fraction of sp³-hybridized carbons (Fsp3) is 0.409. The lowest BCUT2D eigenvalue weighted by molar-refractivity contribution is -0.118. The van der Waals surface area contributed by atoms with Crippen LogP contribution >= 0.6 is 0 Å². The monoisotopic (exact) mass is 451 g/mol. The highest BCUT2D eigenvalue weighted by molar-refractivity contribution is 5.96. The molecule has 0 spiro atoms. The van der Waals surface area contributed by atoms with Crippen molar-refractivity contribution in [3.8, 4) is 0 Å². The highest BCUT2D eigenvalue weighted by atomic mass is 16.2. The minimum absolute atomic E-state index is 0.0844. The molecule has 0 radical (unpaired) electrons. The Hall–Kier alpha value is -3.73. The van der Waals surface area contributed by atoms with Crippen molar-refractivity contribution in [1.29, 1.82) is 0 Å². The van der Waals surface area contributed by atoms with E-state index in [0.717, 1.165) is 30.6 Å². The zero-order valence-electron chi connectivity index (χ0n) is 18.2. The van der Waals surface area contributed by atoms with Crippen LogP contribution in [0.25, 0.3) is 11.2 Å². The molecule has 11 nitrogen and oxygen atoms in total. The number of anilines is 1. The number of fused-ring (bicyclic) bond motifs is 2. The Morgan fingerprint density at radius 3 is 2.61 bits per heavy atom. The smallest absolute Gasteiger partial charge is 0.332 e. The van der Waals surface area contributed by atoms with Crippen molar-refractivity contribution in [1.82, 2.24) is 24.0 Å². The van der Waals surface area contributed by atoms with Gasteiger partial charge in [0.15, 0.2) is 16.9 Å². The number of carbonyl (C=O) groups is 2. The van der Waals surface area contributed by atoms with Crippen LogP contribution in [0, 0.1) is 5.92 Å². The van der Waals surface area contributed by atoms with Gasteiger partial charge in [-0.3, -0.25) is 28.1 Å². The van der Waals surface area contributed by atoms with Crippen molar-refractivity contribution in [2.75, 3.05) is 24.5 Å². The van der Waals surface area contributed by atoms with E-state index >= 15 is 0 Å². The minimum Gasteiger partial charge on any atom is -0.368 e. The number of nitrogens with two attached hydrogens (primary N) is 1. The summed E-state index contributed by atoms with van der Waals surface area (Å²) in [6, 6.07) is 8.66. The zero-order chi connectivity index (χ0) is 23.3. The third-order valence-corrected chi connectivity index (χ3v) is 6.63. The lowest BCUT2D eigenvalue weighted by atomic mass is 10.1. The molecule has 0 aliphatic carbocycles. The average molecular weight is 451 g/mol. The van der Waals surface area contributed by atoms with Crippen molar-refractivity contribution in [3.05, 3.63) is 56.7 Å². The van der Waals surface area contributed by atoms with Gasteiger partial charge in [0.25, 0.3) is 5.56 Å². The van der Waals surface area contributed by atoms with Gasteiger partial charge < -0.3 is 16.0 Å². The highest BCUT2D eigenvalue weighted by Gasteiger charge is 2.40. The van der Waals surface area contributed by atoms with Crippen molar-refractivity contribution in [2.24, 2.45) is 18.7 Å². The van der Waals surface area contributed by atoms with Crippen molar-refractivity contribution in [3.63, 3.8) is 0 Å². The van der Waals surface area contributed by atoms with Gasteiger partial charge in [-0.05, 0) is 12.3 Å². The number of Topliss-reactive ketones (excluding diaryl/α,β-unsaturated/α-hetero) is 1. The summed E-state index contributed by atoms with van der Waals surface area (Å²) >= 11 is 0. The lowest BCUT2D eigenvalue weighted by Gasteiger charge is -2.25. The van der Waals surface area contributed by atoms with Crippen LogP contribution in [-0.2, 0) is 24.9 Å². The Balaban J connectivity index is 1.67. The SMILES string of the molecule is Cn1c(=O)n(CC(=O)c2ccccc2)c(=O)c2c1nc(N1CCC3CNCC31)n2CC(N)=O. The van der Waals surface area contributed by atoms with Crippen LogP contribution in [0.1, 0.15) is 16.8 Å². The molecule has 2 fully saturated rings. The quantitative estimate of drug-likeness (QED) is 0.462. The lowest BCUT2D eigenvalue weighted by Crippen LogP contribution is -2.41. The van der Waals surface area contributed by atoms with E-state index in [2.05, 4.69) is 15.2 Å². The summed E-state index contributed by atoms with van der Waals surface area (Å²) in [4.78, 5) is 57.9. The second kappa shape index (κ2) is 8.00. The number of imidazole rings is 1. The predicted octanol–water partition coefficient (Wildman–Crippen LogP) is -0.937. The summed E-state index contributed by atoms with van der Waals surface area (Å²) in [6.07, 6.45) is 0.964. The normalized spacial score (nSPS) is 19.8. The van der Waals surface area contributed by atoms with E-state index in [1.165, 1.54) is 16.2 Å². The average Bonchev–Trinajstić information content (AvgIpc) is 3.50. The molecule has 2 saturated heterocycles. The maximum atomic E-state index is 13.5. The first-order chi connectivity index (χ1) is 15.9. The second-order valence-corrected chi connectivity index (χ2v) is 8.63. The maximum absolute atomic E-state index is 13.5. The van der Waals surface area contributed by atoms with Gasteiger partial charge >= 0.3 is 5.69 Å². The van der Waals surface area contributed by atoms with E-state index < -0.39 is 23.7 Å². The van der Waals surface area contributed by atoms with E-state index in [-0.39, 0.29) is 29.5 Å².